The van der Waals surface area contributed by atoms with Crippen LogP contribution in [0.3, 0.4) is 0 Å². The summed E-state index contributed by atoms with van der Waals surface area (Å²) >= 11 is 0. The van der Waals surface area contributed by atoms with Crippen LogP contribution >= 0.6 is 0 Å². The Labute approximate surface area is 131 Å². The van der Waals surface area contributed by atoms with Crippen LogP contribution in [0.15, 0.2) is 54.7 Å². The molecule has 114 valence electrons. The molecule has 0 bridgehead atoms. The second kappa shape index (κ2) is 5.09. The van der Waals surface area contributed by atoms with Gasteiger partial charge in [-0.15, -0.1) is 0 Å². The van der Waals surface area contributed by atoms with Crippen molar-refractivity contribution in [1.29, 1.82) is 0 Å². The SMILES string of the molecule is C=C1N(C)c2c(Oc3ccc(OC)cc3)cccc2C1(C)C. The fraction of sp³-hybridized carbons (Fsp3) is 0.263. The lowest BCUT2D eigenvalue weighted by molar-refractivity contribution is 0.413. The van der Waals surface area contributed by atoms with Gasteiger partial charge in [-0.05, 0) is 35.9 Å². The number of hydrogen-bond donors (Lipinski definition) is 0. The molecule has 0 radical (unpaired) electrons. The van der Waals surface area contributed by atoms with Crippen molar-refractivity contribution in [2.45, 2.75) is 19.3 Å². The van der Waals surface area contributed by atoms with Crippen LogP contribution in [-0.4, -0.2) is 14.2 Å². The molecule has 0 saturated carbocycles. The summed E-state index contributed by atoms with van der Waals surface area (Å²) < 4.78 is 11.3. The Morgan fingerprint density at radius 3 is 2.27 bits per heavy atom. The first kappa shape index (κ1) is 14.5. The Morgan fingerprint density at radius 2 is 1.64 bits per heavy atom. The maximum Gasteiger partial charge on any atom is 0.151 e. The summed E-state index contributed by atoms with van der Waals surface area (Å²) in [6.45, 7) is 8.61. The highest BCUT2D eigenvalue weighted by atomic mass is 16.5. The van der Waals surface area contributed by atoms with E-state index in [9.17, 15) is 0 Å². The van der Waals surface area contributed by atoms with E-state index < -0.39 is 0 Å². The number of methoxy groups -OCH3 is 1. The molecule has 1 heterocycles. The summed E-state index contributed by atoms with van der Waals surface area (Å²) in [6.07, 6.45) is 0. The van der Waals surface area contributed by atoms with Crippen molar-refractivity contribution in [2.75, 3.05) is 19.1 Å². The third-order valence-corrected chi connectivity index (χ3v) is 4.42. The predicted molar refractivity (Wildman–Crippen MR) is 90.1 cm³/mol. The summed E-state index contributed by atoms with van der Waals surface area (Å²) in [5.41, 5.74) is 3.33. The number of allylic oxidation sites excluding steroid dienone is 1. The number of ether oxygens (including phenoxy) is 2. The van der Waals surface area contributed by atoms with Gasteiger partial charge in [-0.25, -0.2) is 0 Å². The second-order valence-corrected chi connectivity index (χ2v) is 6.06. The average molecular weight is 295 g/mol. The van der Waals surface area contributed by atoms with E-state index in [2.05, 4.69) is 31.4 Å². The lowest BCUT2D eigenvalue weighted by atomic mass is 9.84. The standard InChI is InChI=1S/C19H21NO2/c1-13-19(2,3)16-7-6-8-17(18(16)20(13)4)22-15-11-9-14(21-5)10-12-15/h6-12H,1H2,2-5H3. The highest BCUT2D eigenvalue weighted by Crippen LogP contribution is 2.50. The zero-order chi connectivity index (χ0) is 15.9. The average Bonchev–Trinajstić information content (AvgIpc) is 2.70. The largest absolute Gasteiger partial charge is 0.497 e. The maximum absolute atomic E-state index is 6.09. The summed E-state index contributed by atoms with van der Waals surface area (Å²) in [5, 5.41) is 0. The van der Waals surface area contributed by atoms with Crippen molar-refractivity contribution >= 4 is 5.69 Å². The number of fused-ring (bicyclic) bond motifs is 1. The number of hydrogen-bond acceptors (Lipinski definition) is 3. The first-order valence-electron chi connectivity index (χ1n) is 7.33. The first-order chi connectivity index (χ1) is 10.4. The van der Waals surface area contributed by atoms with E-state index in [0.717, 1.165) is 28.6 Å². The minimum atomic E-state index is -0.0800. The summed E-state index contributed by atoms with van der Waals surface area (Å²) in [6, 6.07) is 13.8. The van der Waals surface area contributed by atoms with Crippen LogP contribution in [0.2, 0.25) is 0 Å². The highest BCUT2D eigenvalue weighted by Gasteiger charge is 2.39. The molecule has 3 rings (SSSR count). The minimum absolute atomic E-state index is 0.0800. The summed E-state index contributed by atoms with van der Waals surface area (Å²) in [7, 11) is 3.69. The molecule has 2 aromatic rings. The van der Waals surface area contributed by atoms with E-state index in [1.807, 2.05) is 43.4 Å². The monoisotopic (exact) mass is 295 g/mol. The van der Waals surface area contributed by atoms with Gasteiger partial charge in [0, 0.05) is 18.2 Å². The third-order valence-electron chi connectivity index (χ3n) is 4.42. The molecule has 0 fully saturated rings. The molecule has 0 N–H and O–H groups in total. The van der Waals surface area contributed by atoms with Gasteiger partial charge < -0.3 is 14.4 Å². The van der Waals surface area contributed by atoms with Gasteiger partial charge in [0.1, 0.15) is 11.5 Å². The van der Waals surface area contributed by atoms with E-state index in [4.69, 9.17) is 9.47 Å². The molecule has 0 atom stereocenters. The molecule has 22 heavy (non-hydrogen) atoms. The van der Waals surface area contributed by atoms with Gasteiger partial charge in [0.2, 0.25) is 0 Å². The fourth-order valence-electron chi connectivity index (χ4n) is 2.94. The normalized spacial score (nSPS) is 15.6. The van der Waals surface area contributed by atoms with Crippen molar-refractivity contribution in [3.05, 3.63) is 60.3 Å². The van der Waals surface area contributed by atoms with E-state index in [0.29, 0.717) is 0 Å². The van der Waals surface area contributed by atoms with Crippen molar-refractivity contribution in [1.82, 2.24) is 0 Å². The number of rotatable bonds is 3. The zero-order valence-electron chi connectivity index (χ0n) is 13.5. The van der Waals surface area contributed by atoms with Crippen LogP contribution in [0.4, 0.5) is 5.69 Å². The Morgan fingerprint density at radius 1 is 1.00 bits per heavy atom. The topological polar surface area (TPSA) is 21.7 Å². The van der Waals surface area contributed by atoms with Crippen LogP contribution in [0.5, 0.6) is 17.2 Å². The fourth-order valence-corrected chi connectivity index (χ4v) is 2.94. The molecule has 0 spiro atoms. The van der Waals surface area contributed by atoms with E-state index in [1.54, 1.807) is 7.11 Å². The van der Waals surface area contributed by atoms with Gasteiger partial charge in [-0.2, -0.15) is 0 Å². The second-order valence-electron chi connectivity index (χ2n) is 6.06. The van der Waals surface area contributed by atoms with E-state index >= 15 is 0 Å². The first-order valence-corrected chi connectivity index (χ1v) is 7.33. The molecule has 0 aliphatic carbocycles. The molecule has 0 saturated heterocycles. The number of benzene rings is 2. The minimum Gasteiger partial charge on any atom is -0.497 e. The van der Waals surface area contributed by atoms with Crippen molar-refractivity contribution in [3.8, 4) is 17.2 Å². The lowest BCUT2D eigenvalue weighted by Gasteiger charge is -2.22. The molecule has 0 amide bonds. The maximum atomic E-state index is 6.09. The van der Waals surface area contributed by atoms with Crippen molar-refractivity contribution < 1.29 is 9.47 Å². The molecule has 3 nitrogen and oxygen atoms in total. The molecule has 0 unspecified atom stereocenters. The highest BCUT2D eigenvalue weighted by molar-refractivity contribution is 5.76. The number of para-hydroxylation sites is 1. The number of likely N-dealkylation sites (N-methyl/N-ethyl adjacent to an activating group) is 1. The van der Waals surface area contributed by atoms with Gasteiger partial charge in [-0.3, -0.25) is 0 Å². The number of nitrogens with zero attached hydrogens (tertiary/aromatic N) is 1. The van der Waals surface area contributed by atoms with Gasteiger partial charge >= 0.3 is 0 Å². The van der Waals surface area contributed by atoms with E-state index in [1.165, 1.54) is 5.56 Å². The molecule has 2 aromatic carbocycles. The van der Waals surface area contributed by atoms with E-state index in [-0.39, 0.29) is 5.41 Å². The smallest absolute Gasteiger partial charge is 0.151 e. The Hall–Kier alpha value is -2.42. The van der Waals surface area contributed by atoms with Crippen LogP contribution in [0, 0.1) is 0 Å². The van der Waals surface area contributed by atoms with Gasteiger partial charge in [0.15, 0.2) is 5.75 Å². The quantitative estimate of drug-likeness (QED) is 0.817. The third kappa shape index (κ3) is 2.13. The molecule has 1 aliphatic rings. The molecule has 1 aliphatic heterocycles. The van der Waals surface area contributed by atoms with Crippen LogP contribution in [-0.2, 0) is 5.41 Å². The zero-order valence-corrected chi connectivity index (χ0v) is 13.5. The molecular weight excluding hydrogens is 274 g/mol. The predicted octanol–water partition coefficient (Wildman–Crippen LogP) is 4.73. The Kier molecular flexibility index (Phi) is 3.36. The van der Waals surface area contributed by atoms with Gasteiger partial charge in [0.05, 0.1) is 12.8 Å². The van der Waals surface area contributed by atoms with Crippen LogP contribution < -0.4 is 14.4 Å². The lowest BCUT2D eigenvalue weighted by Crippen LogP contribution is -2.21. The van der Waals surface area contributed by atoms with Crippen LogP contribution in [0.1, 0.15) is 19.4 Å². The molecule has 3 heteroatoms. The number of anilines is 1. The summed E-state index contributed by atoms with van der Waals surface area (Å²) in [5.74, 6) is 2.45. The van der Waals surface area contributed by atoms with Gasteiger partial charge in [-0.1, -0.05) is 32.6 Å². The van der Waals surface area contributed by atoms with Crippen molar-refractivity contribution in [2.24, 2.45) is 0 Å². The Balaban J connectivity index is 2.00. The molecular formula is C19H21NO2. The van der Waals surface area contributed by atoms with Gasteiger partial charge in [0.25, 0.3) is 0 Å². The van der Waals surface area contributed by atoms with Crippen LogP contribution in [0.25, 0.3) is 0 Å². The molecule has 0 aromatic heterocycles. The summed E-state index contributed by atoms with van der Waals surface area (Å²) in [4.78, 5) is 2.12. The Bertz CT molecular complexity index is 717. The van der Waals surface area contributed by atoms with Crippen molar-refractivity contribution in [3.63, 3.8) is 0 Å².